The van der Waals surface area contributed by atoms with Gasteiger partial charge in [0.15, 0.2) is 5.75 Å². The lowest BCUT2D eigenvalue weighted by Gasteiger charge is -1.95. The predicted molar refractivity (Wildman–Crippen MR) is 39.3 cm³/mol. The van der Waals surface area contributed by atoms with Gasteiger partial charge in [-0.15, -0.1) is 0 Å². The third-order valence-corrected chi connectivity index (χ3v) is 1.40. The van der Waals surface area contributed by atoms with Crippen LogP contribution in [0, 0.1) is 0 Å². The molecule has 1 heterocycles. The van der Waals surface area contributed by atoms with Crippen LogP contribution < -0.4 is 4.74 Å². The summed E-state index contributed by atoms with van der Waals surface area (Å²) in [5.74, 6) is 2.20. The van der Waals surface area contributed by atoms with Crippen molar-refractivity contribution in [1.82, 2.24) is 0 Å². The van der Waals surface area contributed by atoms with Crippen LogP contribution in [0.1, 0.15) is 25.5 Å². The number of hydrogen-bond donors (Lipinski definition) is 0. The van der Waals surface area contributed by atoms with Gasteiger partial charge in [-0.3, -0.25) is 0 Å². The van der Waals surface area contributed by atoms with Crippen molar-refractivity contribution < 1.29 is 9.15 Å². The standard InChI is InChI=1S/C8H12O2/c1-6(2)8-4-7(9-3)5-10-8/h4-6H,1-3H3. The lowest BCUT2D eigenvalue weighted by atomic mass is 10.2. The molecule has 0 aliphatic carbocycles. The zero-order chi connectivity index (χ0) is 7.56. The maximum atomic E-state index is 5.19. The Morgan fingerprint density at radius 3 is 2.50 bits per heavy atom. The molecule has 0 atom stereocenters. The fraction of sp³-hybridized carbons (Fsp3) is 0.500. The first-order valence-electron chi connectivity index (χ1n) is 3.36. The minimum Gasteiger partial charge on any atom is -0.493 e. The Bertz CT molecular complexity index is 201. The van der Waals surface area contributed by atoms with E-state index in [-0.39, 0.29) is 0 Å². The number of rotatable bonds is 2. The molecule has 0 N–H and O–H groups in total. The third-order valence-electron chi connectivity index (χ3n) is 1.40. The Hall–Kier alpha value is -0.920. The predicted octanol–water partition coefficient (Wildman–Crippen LogP) is 2.41. The summed E-state index contributed by atoms with van der Waals surface area (Å²) >= 11 is 0. The largest absolute Gasteiger partial charge is 0.493 e. The van der Waals surface area contributed by atoms with Crippen molar-refractivity contribution in [1.29, 1.82) is 0 Å². The highest BCUT2D eigenvalue weighted by Gasteiger charge is 2.04. The van der Waals surface area contributed by atoms with Gasteiger partial charge in [-0.2, -0.15) is 0 Å². The van der Waals surface area contributed by atoms with E-state index in [1.165, 1.54) is 0 Å². The maximum Gasteiger partial charge on any atom is 0.157 e. The van der Waals surface area contributed by atoms with E-state index in [2.05, 4.69) is 13.8 Å². The lowest BCUT2D eigenvalue weighted by Crippen LogP contribution is -1.81. The Morgan fingerprint density at radius 1 is 1.50 bits per heavy atom. The average Bonchev–Trinajstić information content (AvgIpc) is 2.34. The molecule has 2 heteroatoms. The van der Waals surface area contributed by atoms with E-state index in [1.54, 1.807) is 13.4 Å². The summed E-state index contributed by atoms with van der Waals surface area (Å²) in [5, 5.41) is 0. The zero-order valence-electron chi connectivity index (χ0n) is 6.55. The molecule has 56 valence electrons. The SMILES string of the molecule is COc1coc(C(C)C)c1. The summed E-state index contributed by atoms with van der Waals surface area (Å²) in [5.41, 5.74) is 0. The molecule has 0 radical (unpaired) electrons. The lowest BCUT2D eigenvalue weighted by molar-refractivity contribution is 0.403. The molecule has 10 heavy (non-hydrogen) atoms. The molecule has 1 aromatic rings. The van der Waals surface area contributed by atoms with Crippen molar-refractivity contribution in [2.24, 2.45) is 0 Å². The Kier molecular flexibility index (Phi) is 2.00. The quantitative estimate of drug-likeness (QED) is 0.629. The number of hydrogen-bond acceptors (Lipinski definition) is 2. The van der Waals surface area contributed by atoms with Crippen LogP contribution in [0.4, 0.5) is 0 Å². The van der Waals surface area contributed by atoms with E-state index in [9.17, 15) is 0 Å². The van der Waals surface area contributed by atoms with Gasteiger partial charge in [0.2, 0.25) is 0 Å². The van der Waals surface area contributed by atoms with Gasteiger partial charge in [0.05, 0.1) is 7.11 Å². The summed E-state index contributed by atoms with van der Waals surface area (Å²) in [6.07, 6.45) is 1.62. The van der Waals surface area contributed by atoms with Crippen LogP contribution in [0.5, 0.6) is 5.75 Å². The molecule has 1 rings (SSSR count). The van der Waals surface area contributed by atoms with Crippen molar-refractivity contribution in [3.05, 3.63) is 18.1 Å². The minimum atomic E-state index is 0.434. The number of furan rings is 1. The molecule has 0 amide bonds. The molecule has 0 aromatic carbocycles. The highest BCUT2D eigenvalue weighted by molar-refractivity contribution is 5.20. The highest BCUT2D eigenvalue weighted by atomic mass is 16.5. The second-order valence-corrected chi connectivity index (χ2v) is 2.54. The molecular formula is C8H12O2. The van der Waals surface area contributed by atoms with Gasteiger partial charge in [0.25, 0.3) is 0 Å². The molecule has 0 saturated carbocycles. The van der Waals surface area contributed by atoms with E-state index in [1.807, 2.05) is 6.07 Å². The molecule has 0 unspecified atom stereocenters. The molecular weight excluding hydrogens is 128 g/mol. The fourth-order valence-electron chi connectivity index (χ4n) is 0.744. The van der Waals surface area contributed by atoms with Gasteiger partial charge in [0.1, 0.15) is 12.0 Å². The van der Waals surface area contributed by atoms with E-state index < -0.39 is 0 Å². The van der Waals surface area contributed by atoms with Crippen LogP contribution in [0.15, 0.2) is 16.7 Å². The smallest absolute Gasteiger partial charge is 0.157 e. The van der Waals surface area contributed by atoms with Crippen molar-refractivity contribution in [3.63, 3.8) is 0 Å². The number of ether oxygens (including phenoxy) is 1. The molecule has 0 aliphatic rings. The number of methoxy groups -OCH3 is 1. The summed E-state index contributed by atoms with van der Waals surface area (Å²) < 4.78 is 10.1. The normalized spacial score (nSPS) is 10.4. The van der Waals surface area contributed by atoms with Gasteiger partial charge >= 0.3 is 0 Å². The molecule has 0 fully saturated rings. The summed E-state index contributed by atoms with van der Waals surface area (Å²) in [6.45, 7) is 4.16. The first-order chi connectivity index (χ1) is 4.74. The monoisotopic (exact) mass is 140 g/mol. The Balaban J connectivity index is 2.78. The van der Waals surface area contributed by atoms with Crippen LogP contribution in [-0.2, 0) is 0 Å². The van der Waals surface area contributed by atoms with Crippen molar-refractivity contribution in [2.75, 3.05) is 7.11 Å². The van der Waals surface area contributed by atoms with Crippen molar-refractivity contribution in [2.45, 2.75) is 19.8 Å². The molecule has 2 nitrogen and oxygen atoms in total. The fourth-order valence-corrected chi connectivity index (χ4v) is 0.744. The van der Waals surface area contributed by atoms with Crippen LogP contribution >= 0.6 is 0 Å². The first kappa shape index (κ1) is 7.19. The Labute approximate surface area is 60.8 Å². The highest BCUT2D eigenvalue weighted by Crippen LogP contribution is 2.21. The molecule has 0 aliphatic heterocycles. The van der Waals surface area contributed by atoms with Crippen LogP contribution in [0.3, 0.4) is 0 Å². The van der Waals surface area contributed by atoms with Gasteiger partial charge in [-0.1, -0.05) is 13.8 Å². The van der Waals surface area contributed by atoms with E-state index in [0.717, 1.165) is 11.5 Å². The minimum absolute atomic E-state index is 0.434. The summed E-state index contributed by atoms with van der Waals surface area (Å²) in [7, 11) is 1.63. The van der Waals surface area contributed by atoms with E-state index in [4.69, 9.17) is 9.15 Å². The van der Waals surface area contributed by atoms with E-state index >= 15 is 0 Å². The van der Waals surface area contributed by atoms with Gasteiger partial charge in [0, 0.05) is 12.0 Å². The first-order valence-corrected chi connectivity index (χ1v) is 3.36. The van der Waals surface area contributed by atoms with Gasteiger partial charge in [-0.25, -0.2) is 0 Å². The topological polar surface area (TPSA) is 22.4 Å². The van der Waals surface area contributed by atoms with Crippen molar-refractivity contribution >= 4 is 0 Å². The molecule has 0 bridgehead atoms. The van der Waals surface area contributed by atoms with Crippen molar-refractivity contribution in [3.8, 4) is 5.75 Å². The molecule has 1 aromatic heterocycles. The average molecular weight is 140 g/mol. The van der Waals surface area contributed by atoms with Gasteiger partial charge < -0.3 is 9.15 Å². The van der Waals surface area contributed by atoms with Gasteiger partial charge in [-0.05, 0) is 0 Å². The zero-order valence-corrected chi connectivity index (χ0v) is 6.55. The summed E-state index contributed by atoms with van der Waals surface area (Å²) in [6, 6.07) is 1.91. The van der Waals surface area contributed by atoms with E-state index in [0.29, 0.717) is 5.92 Å². The second-order valence-electron chi connectivity index (χ2n) is 2.54. The van der Waals surface area contributed by atoms with Crippen LogP contribution in [-0.4, -0.2) is 7.11 Å². The Morgan fingerprint density at radius 2 is 2.20 bits per heavy atom. The van der Waals surface area contributed by atoms with Crippen LogP contribution in [0.25, 0.3) is 0 Å². The maximum absolute atomic E-state index is 5.19. The van der Waals surface area contributed by atoms with Crippen LogP contribution in [0.2, 0.25) is 0 Å². The molecule has 0 saturated heterocycles. The summed E-state index contributed by atoms with van der Waals surface area (Å²) in [4.78, 5) is 0. The molecule has 0 spiro atoms. The second kappa shape index (κ2) is 2.78. The third kappa shape index (κ3) is 1.32.